The molecule has 0 aromatic heterocycles. The van der Waals surface area contributed by atoms with E-state index in [9.17, 15) is 4.79 Å². The molecule has 1 amide bonds. The van der Waals surface area contributed by atoms with Crippen LogP contribution in [-0.4, -0.2) is 34.0 Å². The van der Waals surface area contributed by atoms with Gasteiger partial charge in [0.2, 0.25) is 5.91 Å². The third-order valence-electron chi connectivity index (χ3n) is 3.55. The molecular formula is C16H22N2OS2. The lowest BCUT2D eigenvalue weighted by Crippen LogP contribution is -2.25. The minimum Gasteiger partial charge on any atom is -0.358 e. The minimum absolute atomic E-state index is 0.00107. The average Bonchev–Trinajstić information content (AvgIpc) is 2.99. The number of hydrogen-bond donors (Lipinski definition) is 1. The maximum Gasteiger partial charge on any atom is 0.234 e. The van der Waals surface area contributed by atoms with Gasteiger partial charge in [-0.3, -0.25) is 4.79 Å². The Morgan fingerprint density at radius 3 is 2.48 bits per heavy atom. The van der Waals surface area contributed by atoms with Crippen LogP contribution >= 0.6 is 24.0 Å². The summed E-state index contributed by atoms with van der Waals surface area (Å²) in [6.45, 7) is 6.38. The molecule has 1 saturated heterocycles. The third-order valence-corrected chi connectivity index (χ3v) is 5.08. The van der Waals surface area contributed by atoms with Crippen molar-refractivity contribution in [1.29, 1.82) is 0 Å². The molecule has 1 aromatic rings. The number of anilines is 1. The van der Waals surface area contributed by atoms with Crippen LogP contribution in [0.1, 0.15) is 38.2 Å². The molecular weight excluding hydrogens is 300 g/mol. The Balaban J connectivity index is 1.77. The Morgan fingerprint density at radius 1 is 1.29 bits per heavy atom. The summed E-state index contributed by atoms with van der Waals surface area (Å²) in [7, 11) is 0. The van der Waals surface area contributed by atoms with E-state index in [2.05, 4.69) is 36.2 Å². The van der Waals surface area contributed by atoms with Gasteiger partial charge in [-0.15, -0.1) is 0 Å². The predicted molar refractivity (Wildman–Crippen MR) is 95.0 cm³/mol. The quantitative estimate of drug-likeness (QED) is 0.853. The van der Waals surface area contributed by atoms with Gasteiger partial charge in [0, 0.05) is 18.8 Å². The van der Waals surface area contributed by atoms with E-state index < -0.39 is 0 Å². The standard InChI is InChI=1S/C16H22N2OS2/c1-12(2)13-5-7-14(8-6-13)17-15(19)11-21-16(20)18-9-3-4-10-18/h5-8,12H,3-4,9-11H2,1-2H3,(H,17,19). The minimum atomic E-state index is -0.00107. The van der Waals surface area contributed by atoms with E-state index in [1.165, 1.54) is 30.2 Å². The van der Waals surface area contributed by atoms with Gasteiger partial charge in [-0.25, -0.2) is 0 Å². The first kappa shape index (κ1) is 16.3. The highest BCUT2D eigenvalue weighted by Crippen LogP contribution is 2.18. The normalized spacial score (nSPS) is 14.5. The van der Waals surface area contributed by atoms with Crippen molar-refractivity contribution in [2.75, 3.05) is 24.2 Å². The summed E-state index contributed by atoms with van der Waals surface area (Å²) < 4.78 is 0.845. The Labute approximate surface area is 136 Å². The number of hydrogen-bond acceptors (Lipinski definition) is 3. The average molecular weight is 322 g/mol. The summed E-state index contributed by atoms with van der Waals surface area (Å²) in [5.74, 6) is 0.878. The highest BCUT2D eigenvalue weighted by molar-refractivity contribution is 8.23. The monoisotopic (exact) mass is 322 g/mol. The molecule has 0 spiro atoms. The largest absolute Gasteiger partial charge is 0.358 e. The van der Waals surface area contributed by atoms with E-state index in [1.54, 1.807) is 0 Å². The lowest BCUT2D eigenvalue weighted by Gasteiger charge is -2.17. The first-order valence-corrected chi connectivity index (χ1v) is 8.77. The number of nitrogens with one attached hydrogen (secondary N) is 1. The molecule has 1 aliphatic heterocycles. The summed E-state index contributed by atoms with van der Waals surface area (Å²) in [5.41, 5.74) is 2.12. The summed E-state index contributed by atoms with van der Waals surface area (Å²) in [6.07, 6.45) is 2.41. The van der Waals surface area contributed by atoms with Crippen LogP contribution in [0, 0.1) is 0 Å². The van der Waals surface area contributed by atoms with Gasteiger partial charge in [0.25, 0.3) is 0 Å². The SMILES string of the molecule is CC(C)c1ccc(NC(=O)CSC(=S)N2CCCC2)cc1. The molecule has 21 heavy (non-hydrogen) atoms. The van der Waals surface area contributed by atoms with Crippen LogP contribution < -0.4 is 5.32 Å². The molecule has 1 aliphatic rings. The number of likely N-dealkylation sites (tertiary alicyclic amines) is 1. The van der Waals surface area contributed by atoms with Crippen LogP contribution in [0.25, 0.3) is 0 Å². The van der Waals surface area contributed by atoms with E-state index in [4.69, 9.17) is 12.2 Å². The van der Waals surface area contributed by atoms with Gasteiger partial charge in [-0.2, -0.15) is 0 Å². The summed E-state index contributed by atoms with van der Waals surface area (Å²) in [5, 5.41) is 2.92. The van der Waals surface area contributed by atoms with Crippen molar-refractivity contribution in [3.63, 3.8) is 0 Å². The predicted octanol–water partition coefficient (Wildman–Crippen LogP) is 3.86. The van der Waals surface area contributed by atoms with Crippen LogP contribution in [-0.2, 0) is 4.79 Å². The Bertz CT molecular complexity index is 494. The van der Waals surface area contributed by atoms with E-state index in [0.717, 1.165) is 23.1 Å². The first-order chi connectivity index (χ1) is 10.1. The van der Waals surface area contributed by atoms with Crippen molar-refractivity contribution in [3.05, 3.63) is 29.8 Å². The summed E-state index contributed by atoms with van der Waals surface area (Å²) in [4.78, 5) is 14.1. The molecule has 1 N–H and O–H groups in total. The van der Waals surface area contributed by atoms with Gasteiger partial charge in [-0.05, 0) is 36.5 Å². The number of amides is 1. The number of thioether (sulfide) groups is 1. The summed E-state index contributed by atoms with van der Waals surface area (Å²) in [6, 6.07) is 8.03. The summed E-state index contributed by atoms with van der Waals surface area (Å²) >= 11 is 6.81. The van der Waals surface area contributed by atoms with Crippen LogP contribution in [0.4, 0.5) is 5.69 Å². The Kier molecular flexibility index (Phi) is 6.06. The molecule has 2 rings (SSSR count). The highest BCUT2D eigenvalue weighted by atomic mass is 32.2. The second kappa shape index (κ2) is 7.80. The third kappa shape index (κ3) is 5.00. The van der Waals surface area contributed by atoms with Crippen molar-refractivity contribution in [2.24, 2.45) is 0 Å². The zero-order chi connectivity index (χ0) is 15.2. The second-order valence-electron chi connectivity index (χ2n) is 5.57. The van der Waals surface area contributed by atoms with Crippen LogP contribution in [0.5, 0.6) is 0 Å². The van der Waals surface area contributed by atoms with Crippen LogP contribution in [0.2, 0.25) is 0 Å². The fourth-order valence-corrected chi connectivity index (χ4v) is 3.32. The molecule has 0 unspecified atom stereocenters. The van der Waals surface area contributed by atoms with Crippen molar-refractivity contribution >= 4 is 39.9 Å². The van der Waals surface area contributed by atoms with Crippen LogP contribution in [0.15, 0.2) is 24.3 Å². The second-order valence-corrected chi connectivity index (χ2v) is 7.18. The van der Waals surface area contributed by atoms with Gasteiger partial charge >= 0.3 is 0 Å². The van der Waals surface area contributed by atoms with E-state index in [1.807, 2.05) is 12.1 Å². The van der Waals surface area contributed by atoms with Crippen molar-refractivity contribution < 1.29 is 4.79 Å². The fraction of sp³-hybridized carbons (Fsp3) is 0.500. The molecule has 0 saturated carbocycles. The highest BCUT2D eigenvalue weighted by Gasteiger charge is 2.16. The van der Waals surface area contributed by atoms with Crippen molar-refractivity contribution in [3.8, 4) is 0 Å². The number of carbonyl (C=O) groups excluding carboxylic acids is 1. The van der Waals surface area contributed by atoms with Gasteiger partial charge in [0.15, 0.2) is 0 Å². The Hall–Kier alpha value is -1.07. The molecule has 0 aliphatic carbocycles. The number of carbonyl (C=O) groups is 1. The van der Waals surface area contributed by atoms with Crippen molar-refractivity contribution in [1.82, 2.24) is 4.90 Å². The first-order valence-electron chi connectivity index (χ1n) is 7.38. The van der Waals surface area contributed by atoms with Crippen molar-refractivity contribution in [2.45, 2.75) is 32.6 Å². The molecule has 114 valence electrons. The molecule has 5 heteroatoms. The van der Waals surface area contributed by atoms with E-state index in [0.29, 0.717) is 11.7 Å². The maximum atomic E-state index is 11.9. The maximum absolute atomic E-state index is 11.9. The smallest absolute Gasteiger partial charge is 0.234 e. The van der Waals surface area contributed by atoms with Crippen LogP contribution in [0.3, 0.4) is 0 Å². The number of rotatable bonds is 4. The lowest BCUT2D eigenvalue weighted by molar-refractivity contribution is -0.113. The van der Waals surface area contributed by atoms with E-state index in [-0.39, 0.29) is 5.91 Å². The molecule has 3 nitrogen and oxygen atoms in total. The fourth-order valence-electron chi connectivity index (χ4n) is 2.27. The molecule has 1 aromatic carbocycles. The topological polar surface area (TPSA) is 32.3 Å². The number of nitrogens with zero attached hydrogens (tertiary/aromatic N) is 1. The van der Waals surface area contributed by atoms with Gasteiger partial charge in [0.05, 0.1) is 5.75 Å². The molecule has 0 radical (unpaired) electrons. The molecule has 1 fully saturated rings. The van der Waals surface area contributed by atoms with E-state index >= 15 is 0 Å². The molecule has 0 bridgehead atoms. The van der Waals surface area contributed by atoms with Gasteiger partial charge in [0.1, 0.15) is 4.32 Å². The number of thiocarbonyl (C=S) groups is 1. The zero-order valence-corrected chi connectivity index (χ0v) is 14.2. The van der Waals surface area contributed by atoms with Gasteiger partial charge < -0.3 is 10.2 Å². The molecule has 0 atom stereocenters. The zero-order valence-electron chi connectivity index (χ0n) is 12.6. The molecule has 1 heterocycles. The number of benzene rings is 1. The lowest BCUT2D eigenvalue weighted by atomic mass is 10.0. The Morgan fingerprint density at radius 2 is 1.90 bits per heavy atom. The van der Waals surface area contributed by atoms with Gasteiger partial charge in [-0.1, -0.05) is 50.0 Å².